The first-order valence-corrected chi connectivity index (χ1v) is 7.18. The number of benzene rings is 1. The van der Waals surface area contributed by atoms with Crippen molar-refractivity contribution in [3.8, 4) is 0 Å². The van der Waals surface area contributed by atoms with Gasteiger partial charge in [-0.05, 0) is 25.2 Å². The summed E-state index contributed by atoms with van der Waals surface area (Å²) >= 11 is 2.85. The van der Waals surface area contributed by atoms with Crippen LogP contribution in [0.3, 0.4) is 0 Å². The van der Waals surface area contributed by atoms with Gasteiger partial charge in [0.25, 0.3) is 5.91 Å². The Kier molecular flexibility index (Phi) is 4.90. The van der Waals surface area contributed by atoms with E-state index in [1.165, 1.54) is 12.1 Å². The van der Waals surface area contributed by atoms with E-state index in [9.17, 15) is 18.0 Å². The van der Waals surface area contributed by atoms with Gasteiger partial charge in [-0.1, -0.05) is 15.9 Å². The lowest BCUT2D eigenvalue weighted by Gasteiger charge is -2.32. The highest BCUT2D eigenvalue weighted by Gasteiger charge is 2.33. The summed E-state index contributed by atoms with van der Waals surface area (Å²) in [6.45, 7) is 2.89. The molecule has 0 bridgehead atoms. The lowest BCUT2D eigenvalue weighted by atomic mass is 10.1. The average Bonchev–Trinajstić information content (AvgIpc) is 2.40. The second-order valence-electron chi connectivity index (χ2n) is 4.92. The number of halogens is 4. The maximum absolute atomic E-state index is 12.8. The molecule has 2 rings (SSSR count). The van der Waals surface area contributed by atoms with E-state index in [1.54, 1.807) is 5.01 Å². The van der Waals surface area contributed by atoms with E-state index in [-0.39, 0.29) is 10.0 Å². The molecule has 0 aliphatic carbocycles. The number of carbonyl (C=O) groups is 1. The zero-order valence-electron chi connectivity index (χ0n) is 11.4. The fourth-order valence-electron chi connectivity index (χ4n) is 2.01. The number of hydrazine groups is 1. The molecule has 1 aromatic rings. The SMILES string of the molecule is CN1CCN(NC(=O)c2ccc(Br)c(C(F)(F)F)c2)CC1. The van der Waals surface area contributed by atoms with E-state index in [2.05, 4.69) is 26.3 Å². The monoisotopic (exact) mass is 365 g/mol. The Hall–Kier alpha value is -1.12. The number of hydrogen-bond acceptors (Lipinski definition) is 3. The van der Waals surface area contributed by atoms with Crippen molar-refractivity contribution in [3.63, 3.8) is 0 Å². The van der Waals surface area contributed by atoms with Crippen molar-refractivity contribution in [2.75, 3.05) is 33.2 Å². The van der Waals surface area contributed by atoms with E-state index >= 15 is 0 Å². The van der Waals surface area contributed by atoms with Gasteiger partial charge in [-0.3, -0.25) is 10.2 Å². The highest BCUT2D eigenvalue weighted by Crippen LogP contribution is 2.35. The number of rotatable bonds is 2. The molecule has 0 atom stereocenters. The summed E-state index contributed by atoms with van der Waals surface area (Å²) in [6.07, 6.45) is -4.50. The zero-order valence-corrected chi connectivity index (χ0v) is 13.0. The summed E-state index contributed by atoms with van der Waals surface area (Å²) in [5.74, 6) is -0.530. The molecule has 1 aromatic carbocycles. The number of nitrogens with zero attached hydrogens (tertiary/aromatic N) is 2. The van der Waals surface area contributed by atoms with Crippen molar-refractivity contribution in [2.24, 2.45) is 0 Å². The van der Waals surface area contributed by atoms with E-state index in [0.29, 0.717) is 13.1 Å². The van der Waals surface area contributed by atoms with E-state index in [0.717, 1.165) is 19.2 Å². The van der Waals surface area contributed by atoms with Gasteiger partial charge in [0.15, 0.2) is 0 Å². The summed E-state index contributed by atoms with van der Waals surface area (Å²) in [5, 5.41) is 1.72. The normalized spacial score (nSPS) is 17.8. The minimum Gasteiger partial charge on any atom is -0.304 e. The molecule has 4 nitrogen and oxygen atoms in total. The zero-order chi connectivity index (χ0) is 15.6. The van der Waals surface area contributed by atoms with Gasteiger partial charge in [-0.25, -0.2) is 5.01 Å². The number of nitrogens with one attached hydrogen (secondary N) is 1. The molecular formula is C13H15BrF3N3O. The lowest BCUT2D eigenvalue weighted by molar-refractivity contribution is -0.138. The number of carbonyl (C=O) groups excluding carboxylic acids is 1. The molecule has 1 aliphatic heterocycles. The maximum atomic E-state index is 12.8. The average molecular weight is 366 g/mol. The largest absolute Gasteiger partial charge is 0.417 e. The molecule has 8 heteroatoms. The third-order valence-corrected chi connectivity index (χ3v) is 3.99. The molecule has 1 N–H and O–H groups in total. The standard InChI is InChI=1S/C13H15BrF3N3O/c1-19-4-6-20(7-5-19)18-12(21)9-2-3-11(14)10(8-9)13(15,16)17/h2-3,8H,4-7H2,1H3,(H,18,21). The quantitative estimate of drug-likeness (QED) is 0.873. The summed E-state index contributed by atoms with van der Waals surface area (Å²) in [5.41, 5.74) is 1.78. The third-order valence-electron chi connectivity index (χ3n) is 3.30. The molecule has 1 heterocycles. The van der Waals surface area contributed by atoms with Crippen LogP contribution in [0.1, 0.15) is 15.9 Å². The van der Waals surface area contributed by atoms with Crippen LogP contribution >= 0.6 is 15.9 Å². The topological polar surface area (TPSA) is 35.6 Å². The molecule has 1 aliphatic rings. The van der Waals surface area contributed by atoms with Gasteiger partial charge < -0.3 is 4.90 Å². The second kappa shape index (κ2) is 6.33. The lowest BCUT2D eigenvalue weighted by Crippen LogP contribution is -2.52. The number of alkyl halides is 3. The van der Waals surface area contributed by atoms with Crippen LogP contribution in [-0.2, 0) is 6.18 Å². The van der Waals surface area contributed by atoms with Crippen molar-refractivity contribution in [3.05, 3.63) is 33.8 Å². The first kappa shape index (κ1) is 16.3. The Morgan fingerprint density at radius 2 is 1.86 bits per heavy atom. The molecule has 0 radical (unpaired) electrons. The van der Waals surface area contributed by atoms with Crippen LogP contribution in [-0.4, -0.2) is 49.0 Å². The summed E-state index contributed by atoms with van der Waals surface area (Å²) in [6, 6.07) is 3.46. The Morgan fingerprint density at radius 3 is 2.43 bits per heavy atom. The Balaban J connectivity index is 2.09. The Bertz CT molecular complexity index is 528. The summed E-state index contributed by atoms with van der Waals surface area (Å²) < 4.78 is 38.4. The predicted octanol–water partition coefficient (Wildman–Crippen LogP) is 2.36. The van der Waals surface area contributed by atoms with E-state index < -0.39 is 17.6 Å². The minimum absolute atomic E-state index is 0.00977. The molecule has 0 spiro atoms. The number of hydrogen-bond donors (Lipinski definition) is 1. The van der Waals surface area contributed by atoms with Gasteiger partial charge in [0.2, 0.25) is 0 Å². The van der Waals surface area contributed by atoms with Crippen LogP contribution in [0.2, 0.25) is 0 Å². The Morgan fingerprint density at radius 1 is 1.24 bits per heavy atom. The van der Waals surface area contributed by atoms with Crippen molar-refractivity contribution in [2.45, 2.75) is 6.18 Å². The molecule has 1 fully saturated rings. The van der Waals surface area contributed by atoms with Crippen LogP contribution < -0.4 is 5.43 Å². The Labute approximate surface area is 129 Å². The van der Waals surface area contributed by atoms with Crippen molar-refractivity contribution in [1.29, 1.82) is 0 Å². The number of amides is 1. The summed E-state index contributed by atoms with van der Waals surface area (Å²) in [7, 11) is 1.98. The molecule has 0 saturated carbocycles. The smallest absolute Gasteiger partial charge is 0.304 e. The molecule has 1 saturated heterocycles. The van der Waals surface area contributed by atoms with Crippen LogP contribution in [0, 0.1) is 0 Å². The summed E-state index contributed by atoms with van der Waals surface area (Å²) in [4.78, 5) is 14.2. The van der Waals surface area contributed by atoms with Crippen molar-refractivity contribution < 1.29 is 18.0 Å². The molecule has 116 valence electrons. The third kappa shape index (κ3) is 4.18. The molecule has 1 amide bonds. The van der Waals surface area contributed by atoms with Gasteiger partial charge in [-0.2, -0.15) is 13.2 Å². The molecule has 0 aromatic heterocycles. The second-order valence-corrected chi connectivity index (χ2v) is 5.78. The van der Waals surface area contributed by atoms with Gasteiger partial charge in [-0.15, -0.1) is 0 Å². The van der Waals surface area contributed by atoms with Crippen LogP contribution in [0.25, 0.3) is 0 Å². The number of piperazine rings is 1. The first-order chi connectivity index (χ1) is 9.77. The van der Waals surface area contributed by atoms with E-state index in [1.807, 2.05) is 7.05 Å². The molecule has 21 heavy (non-hydrogen) atoms. The van der Waals surface area contributed by atoms with Gasteiger partial charge in [0.05, 0.1) is 5.56 Å². The van der Waals surface area contributed by atoms with Crippen LogP contribution in [0.4, 0.5) is 13.2 Å². The van der Waals surface area contributed by atoms with Crippen LogP contribution in [0.15, 0.2) is 22.7 Å². The van der Waals surface area contributed by atoms with Gasteiger partial charge in [0, 0.05) is 36.2 Å². The van der Waals surface area contributed by atoms with Gasteiger partial charge >= 0.3 is 6.18 Å². The van der Waals surface area contributed by atoms with Crippen LogP contribution in [0.5, 0.6) is 0 Å². The number of likely N-dealkylation sites (N-methyl/N-ethyl adjacent to an activating group) is 1. The fourth-order valence-corrected chi connectivity index (χ4v) is 2.48. The maximum Gasteiger partial charge on any atom is 0.417 e. The minimum atomic E-state index is -4.50. The fraction of sp³-hybridized carbons (Fsp3) is 0.462. The molecular weight excluding hydrogens is 351 g/mol. The molecule has 0 unspecified atom stereocenters. The van der Waals surface area contributed by atoms with Crippen molar-refractivity contribution in [1.82, 2.24) is 15.3 Å². The highest BCUT2D eigenvalue weighted by atomic mass is 79.9. The highest BCUT2D eigenvalue weighted by molar-refractivity contribution is 9.10. The van der Waals surface area contributed by atoms with Gasteiger partial charge in [0.1, 0.15) is 0 Å². The van der Waals surface area contributed by atoms with Crippen molar-refractivity contribution >= 4 is 21.8 Å². The first-order valence-electron chi connectivity index (χ1n) is 6.38. The predicted molar refractivity (Wildman–Crippen MR) is 75.7 cm³/mol. The van der Waals surface area contributed by atoms with E-state index in [4.69, 9.17) is 0 Å².